The van der Waals surface area contributed by atoms with Crippen LogP contribution in [0.1, 0.15) is 12.1 Å². The molecule has 2 amide bonds. The minimum absolute atomic E-state index is 0.203. The summed E-state index contributed by atoms with van der Waals surface area (Å²) in [5, 5.41) is 5.66. The van der Waals surface area contributed by atoms with Crippen LogP contribution in [0.15, 0.2) is 18.3 Å². The third-order valence-corrected chi connectivity index (χ3v) is 2.90. The Hall–Kier alpha value is -2.06. The quantitative estimate of drug-likeness (QED) is 0.760. The molecule has 0 saturated carbocycles. The Morgan fingerprint density at radius 3 is 3.00 bits per heavy atom. The van der Waals surface area contributed by atoms with Crippen LogP contribution < -0.4 is 10.6 Å². The summed E-state index contributed by atoms with van der Waals surface area (Å²) in [4.78, 5) is 17.9. The Bertz CT molecular complexity index is 463. The number of aromatic nitrogens is 1. The molecule has 94 valence electrons. The SMILES string of the molecule is C#Cc1ccc(NC(=O)N[C@@H]2CCN(C)C2)cn1. The summed E-state index contributed by atoms with van der Waals surface area (Å²) in [5.74, 6) is 2.43. The Morgan fingerprint density at radius 2 is 2.44 bits per heavy atom. The number of amides is 2. The van der Waals surface area contributed by atoms with Crippen molar-refractivity contribution < 1.29 is 4.79 Å². The number of rotatable bonds is 2. The predicted molar refractivity (Wildman–Crippen MR) is 70.2 cm³/mol. The van der Waals surface area contributed by atoms with E-state index in [1.165, 1.54) is 0 Å². The van der Waals surface area contributed by atoms with Crippen molar-refractivity contribution in [2.45, 2.75) is 12.5 Å². The van der Waals surface area contributed by atoms with Crippen LogP contribution in [0.2, 0.25) is 0 Å². The van der Waals surface area contributed by atoms with Crippen molar-refractivity contribution >= 4 is 11.7 Å². The third kappa shape index (κ3) is 3.22. The van der Waals surface area contributed by atoms with E-state index in [9.17, 15) is 4.79 Å². The molecular weight excluding hydrogens is 228 g/mol. The minimum atomic E-state index is -0.203. The van der Waals surface area contributed by atoms with Crippen LogP contribution in [0.4, 0.5) is 10.5 Å². The van der Waals surface area contributed by atoms with Gasteiger partial charge in [-0.15, -0.1) is 6.42 Å². The molecule has 5 heteroatoms. The number of urea groups is 1. The lowest BCUT2D eigenvalue weighted by Gasteiger charge is -2.13. The molecule has 0 spiro atoms. The average molecular weight is 244 g/mol. The van der Waals surface area contributed by atoms with Crippen LogP contribution in [0.5, 0.6) is 0 Å². The van der Waals surface area contributed by atoms with Gasteiger partial charge in [0.05, 0.1) is 11.9 Å². The van der Waals surface area contributed by atoms with Gasteiger partial charge in [0, 0.05) is 12.6 Å². The second-order valence-corrected chi connectivity index (χ2v) is 4.42. The van der Waals surface area contributed by atoms with Crippen molar-refractivity contribution in [1.82, 2.24) is 15.2 Å². The zero-order valence-corrected chi connectivity index (χ0v) is 10.3. The van der Waals surface area contributed by atoms with Crippen LogP contribution >= 0.6 is 0 Å². The number of hydrogen-bond acceptors (Lipinski definition) is 3. The first-order valence-electron chi connectivity index (χ1n) is 5.86. The highest BCUT2D eigenvalue weighted by Gasteiger charge is 2.20. The first-order chi connectivity index (χ1) is 8.67. The van der Waals surface area contributed by atoms with E-state index in [-0.39, 0.29) is 12.1 Å². The van der Waals surface area contributed by atoms with Crippen LogP contribution in [0.25, 0.3) is 0 Å². The largest absolute Gasteiger partial charge is 0.334 e. The molecule has 1 aromatic rings. The number of terminal acetylenes is 1. The van der Waals surface area contributed by atoms with Crippen molar-refractivity contribution in [3.8, 4) is 12.3 Å². The second-order valence-electron chi connectivity index (χ2n) is 4.42. The van der Waals surface area contributed by atoms with E-state index in [0.29, 0.717) is 11.4 Å². The molecule has 5 nitrogen and oxygen atoms in total. The highest BCUT2D eigenvalue weighted by atomic mass is 16.2. The van der Waals surface area contributed by atoms with Gasteiger partial charge in [0.25, 0.3) is 0 Å². The molecule has 0 unspecified atom stereocenters. The van der Waals surface area contributed by atoms with Crippen molar-refractivity contribution in [2.75, 3.05) is 25.5 Å². The van der Waals surface area contributed by atoms with Crippen LogP contribution in [0.3, 0.4) is 0 Å². The molecule has 0 bridgehead atoms. The van der Waals surface area contributed by atoms with E-state index < -0.39 is 0 Å². The maximum atomic E-state index is 11.7. The van der Waals surface area contributed by atoms with Crippen molar-refractivity contribution in [3.63, 3.8) is 0 Å². The summed E-state index contributed by atoms with van der Waals surface area (Å²) in [7, 11) is 2.04. The number of nitrogens with zero attached hydrogens (tertiary/aromatic N) is 2. The van der Waals surface area contributed by atoms with E-state index in [1.54, 1.807) is 18.3 Å². The van der Waals surface area contributed by atoms with Crippen LogP contribution in [-0.2, 0) is 0 Å². The van der Waals surface area contributed by atoms with E-state index in [0.717, 1.165) is 19.5 Å². The predicted octanol–water partition coefficient (Wildman–Crippen LogP) is 0.888. The van der Waals surface area contributed by atoms with Gasteiger partial charge in [-0.2, -0.15) is 0 Å². The number of pyridine rings is 1. The highest BCUT2D eigenvalue weighted by Crippen LogP contribution is 2.08. The number of likely N-dealkylation sites (N-methyl/N-ethyl adjacent to an activating group) is 1. The third-order valence-electron chi connectivity index (χ3n) is 2.90. The van der Waals surface area contributed by atoms with Gasteiger partial charge in [-0.25, -0.2) is 9.78 Å². The van der Waals surface area contributed by atoms with Gasteiger partial charge in [-0.05, 0) is 32.1 Å². The summed E-state index contributed by atoms with van der Waals surface area (Å²) in [5.41, 5.74) is 1.19. The number of nitrogens with one attached hydrogen (secondary N) is 2. The molecule has 0 aliphatic carbocycles. The van der Waals surface area contributed by atoms with E-state index in [4.69, 9.17) is 6.42 Å². The number of hydrogen-bond donors (Lipinski definition) is 2. The summed E-state index contributed by atoms with van der Waals surface area (Å²) in [6.07, 6.45) is 7.74. The maximum absolute atomic E-state index is 11.7. The van der Waals surface area contributed by atoms with Gasteiger partial charge in [0.15, 0.2) is 0 Å². The van der Waals surface area contributed by atoms with Gasteiger partial charge < -0.3 is 15.5 Å². The first kappa shape index (κ1) is 12.4. The van der Waals surface area contributed by atoms with Crippen molar-refractivity contribution in [3.05, 3.63) is 24.0 Å². The molecular formula is C13H16N4O. The number of carbonyl (C=O) groups excluding carboxylic acids is 1. The Balaban J connectivity index is 1.85. The minimum Gasteiger partial charge on any atom is -0.334 e. The number of likely N-dealkylation sites (tertiary alicyclic amines) is 1. The summed E-state index contributed by atoms with van der Waals surface area (Å²) >= 11 is 0. The summed E-state index contributed by atoms with van der Waals surface area (Å²) in [6, 6.07) is 3.44. The van der Waals surface area contributed by atoms with Crippen molar-refractivity contribution in [1.29, 1.82) is 0 Å². The van der Waals surface area contributed by atoms with Gasteiger partial charge in [-0.3, -0.25) is 0 Å². The molecule has 2 heterocycles. The standard InChI is InChI=1S/C13H16N4O/c1-3-10-4-5-11(8-14-10)15-13(18)16-12-6-7-17(2)9-12/h1,4-5,8,12H,6-7,9H2,2H3,(H2,15,16,18)/t12-/m1/s1. The monoisotopic (exact) mass is 244 g/mol. The molecule has 0 radical (unpaired) electrons. The van der Waals surface area contributed by atoms with E-state index in [2.05, 4.69) is 26.4 Å². The molecule has 2 N–H and O–H groups in total. The van der Waals surface area contributed by atoms with Gasteiger partial charge in [0.2, 0.25) is 0 Å². The molecule has 1 atom stereocenters. The Kier molecular flexibility index (Phi) is 3.80. The zero-order valence-electron chi connectivity index (χ0n) is 10.3. The van der Waals surface area contributed by atoms with E-state index >= 15 is 0 Å². The topological polar surface area (TPSA) is 57.3 Å². The first-order valence-corrected chi connectivity index (χ1v) is 5.86. The van der Waals surface area contributed by atoms with E-state index in [1.807, 2.05) is 7.05 Å². The van der Waals surface area contributed by atoms with Crippen LogP contribution in [0, 0.1) is 12.3 Å². The maximum Gasteiger partial charge on any atom is 0.319 e. The normalized spacial score (nSPS) is 19.2. The fourth-order valence-corrected chi connectivity index (χ4v) is 1.96. The lowest BCUT2D eigenvalue weighted by molar-refractivity contribution is 0.248. The molecule has 1 aliphatic heterocycles. The Morgan fingerprint density at radius 1 is 1.61 bits per heavy atom. The number of anilines is 1. The highest BCUT2D eigenvalue weighted by molar-refractivity contribution is 5.89. The molecule has 2 rings (SSSR count). The van der Waals surface area contributed by atoms with Gasteiger partial charge >= 0.3 is 6.03 Å². The smallest absolute Gasteiger partial charge is 0.319 e. The summed E-state index contributed by atoms with van der Waals surface area (Å²) in [6.45, 7) is 1.91. The lowest BCUT2D eigenvalue weighted by atomic mass is 10.3. The van der Waals surface area contributed by atoms with Gasteiger partial charge in [0.1, 0.15) is 5.69 Å². The second kappa shape index (κ2) is 5.52. The molecule has 1 saturated heterocycles. The van der Waals surface area contributed by atoms with Crippen molar-refractivity contribution in [2.24, 2.45) is 0 Å². The molecule has 0 aromatic carbocycles. The van der Waals surface area contributed by atoms with Crippen LogP contribution in [-0.4, -0.2) is 42.1 Å². The molecule has 1 aromatic heterocycles. The lowest BCUT2D eigenvalue weighted by Crippen LogP contribution is -2.39. The summed E-state index contributed by atoms with van der Waals surface area (Å²) < 4.78 is 0. The average Bonchev–Trinajstić information content (AvgIpc) is 2.75. The Labute approximate surface area is 107 Å². The number of carbonyl (C=O) groups is 1. The molecule has 1 fully saturated rings. The molecule has 1 aliphatic rings. The van der Waals surface area contributed by atoms with Gasteiger partial charge in [-0.1, -0.05) is 5.92 Å². The fraction of sp³-hybridized carbons (Fsp3) is 0.385. The zero-order chi connectivity index (χ0) is 13.0. The molecule has 18 heavy (non-hydrogen) atoms. The fourth-order valence-electron chi connectivity index (χ4n) is 1.96.